The van der Waals surface area contributed by atoms with Crippen LogP contribution in [0.1, 0.15) is 198 Å². The SMILES string of the molecule is CC(C)(C(=O)Cl)C(F)(F)F.CCc1cccc(CC)c1-n1nc2c(c1-c1ccc(F)c3[nH]ccc13)CCC2(C)C.CCc1cccc(CC)c1-n1nc2c(c1-c1ccc(F)c3[nH]ccc13)CN(C(=O)C(C)(C)C(F)(F)F)C2(C)C.CCc1cccc(CC)c1-n1nc2c(c1-c1ccc(F)c3[nH]ccc13)CN(CC(C)(C)C(F)(F)F)C2(C)C.Cl. The highest BCUT2D eigenvalue weighted by Crippen LogP contribution is 2.53. The van der Waals surface area contributed by atoms with Crippen LogP contribution in [0.3, 0.4) is 0 Å². The molecule has 3 aliphatic rings. The number of para-hydroxylation sites is 3. The number of hydrogen-bond acceptors (Lipinski definition) is 6. The number of rotatable bonds is 16. The number of fused-ring (bicyclic) bond motifs is 6. The molecule has 0 radical (unpaired) electrons. The fourth-order valence-corrected chi connectivity index (χ4v) is 16.6. The Hall–Kier alpha value is -9.59. The van der Waals surface area contributed by atoms with Gasteiger partial charge in [0.1, 0.15) is 28.3 Å². The summed E-state index contributed by atoms with van der Waals surface area (Å²) in [6.45, 7) is 30.5. The summed E-state index contributed by atoms with van der Waals surface area (Å²) in [5.74, 6) is -1.99. The van der Waals surface area contributed by atoms with Crippen LogP contribution in [0.15, 0.2) is 128 Å². The fraction of sp³-hybridized carbons (Fsp3) is 0.418. The third kappa shape index (κ3) is 15.4. The predicted molar refractivity (Wildman–Crippen MR) is 445 cm³/mol. The zero-order valence-electron chi connectivity index (χ0n) is 69.6. The van der Waals surface area contributed by atoms with Gasteiger partial charge >= 0.3 is 18.5 Å². The van der Waals surface area contributed by atoms with E-state index in [0.717, 1.165) is 152 Å². The van der Waals surface area contributed by atoms with Gasteiger partial charge in [-0.1, -0.05) is 110 Å². The van der Waals surface area contributed by atoms with Crippen molar-refractivity contribution >= 4 is 67.9 Å². The number of aromatic amines is 3. The molecule has 8 heterocycles. The van der Waals surface area contributed by atoms with Crippen molar-refractivity contribution in [2.45, 2.75) is 224 Å². The molecule has 1 amide bonds. The summed E-state index contributed by atoms with van der Waals surface area (Å²) in [5, 5.41) is 16.3. The Morgan fingerprint density at radius 1 is 0.432 bits per heavy atom. The van der Waals surface area contributed by atoms with Gasteiger partial charge in [-0.15, -0.1) is 12.4 Å². The van der Waals surface area contributed by atoms with Gasteiger partial charge in [-0.3, -0.25) is 14.5 Å². The number of H-pyrrole nitrogens is 3. The maximum absolute atomic E-state index is 14.7. The summed E-state index contributed by atoms with van der Waals surface area (Å²) in [4.78, 5) is 35.8. The molecule has 1 aliphatic carbocycles. The van der Waals surface area contributed by atoms with Gasteiger partial charge in [0.2, 0.25) is 11.1 Å². The lowest BCUT2D eigenvalue weighted by atomic mass is 9.88. The molecule has 6 aromatic carbocycles. The number of alkyl halides is 9. The standard InChI is InChI=1S/C30H32F4N4O.C30H34F4N4.C26H28FN3.C5H6ClF3O.ClH/c1-7-17-10-9-11-18(8-2)24(17)38-25(20-12-13-22(31)23-19(20)14-15-35-23)21-16-37(29(5,6)26(21)36-38)27(39)28(3,4)30(32,33)34;1-7-18-10-9-11-19(8-2)25(18)38-26(21-12-13-23(31)24-20(21)14-15-35-24)22-16-37(29(5,6)27(22)36-38)17-28(3,4)30(32,33)34;1-5-16-8-7-9-17(6-2)23(16)30-24(20-12-14-26(3,4)25(20)29-30)19-10-11-21(27)22-18(19)13-15-28-22;1-4(2,3(6)10)5(7,8)9;/h9-15,35H,7-8,16H2,1-6H3;9-15,35H,7-8,16-17H2,1-6H3;7-11,13,15,28H,5-6,12,14H2,1-4H3;1-2H3;1H. The van der Waals surface area contributed by atoms with Crippen molar-refractivity contribution in [3.05, 3.63) is 212 Å². The van der Waals surface area contributed by atoms with Crippen molar-refractivity contribution < 1.29 is 62.3 Å². The predicted octanol–water partition coefficient (Wildman–Crippen LogP) is 24.6. The average Bonchev–Trinajstić information content (AvgIpc) is 1.56. The molecule has 15 rings (SSSR count). The van der Waals surface area contributed by atoms with Crippen LogP contribution in [0.4, 0.5) is 52.7 Å². The van der Waals surface area contributed by atoms with Gasteiger partial charge in [0.15, 0.2) is 0 Å². The molecule has 0 fully saturated rings. The molecule has 0 atom stereocenters. The third-order valence-corrected chi connectivity index (χ3v) is 24.7. The maximum Gasteiger partial charge on any atom is 0.402 e. The van der Waals surface area contributed by atoms with Gasteiger partial charge < -0.3 is 19.9 Å². The van der Waals surface area contributed by atoms with Gasteiger partial charge in [0.05, 0.1) is 90.8 Å². The summed E-state index contributed by atoms with van der Waals surface area (Å²) in [6, 6.07) is 34.2. The number of hydrogen-bond donors (Lipinski definition) is 3. The molecule has 2 aliphatic heterocycles. The zero-order valence-corrected chi connectivity index (χ0v) is 71.2. The van der Waals surface area contributed by atoms with Crippen LogP contribution >= 0.6 is 24.0 Å². The van der Waals surface area contributed by atoms with Gasteiger partial charge in [0.25, 0.3) is 0 Å². The topological polar surface area (TPSA) is 141 Å². The minimum absolute atomic E-state index is 0. The Morgan fingerprint density at radius 2 is 0.754 bits per heavy atom. The largest absolute Gasteiger partial charge is 0.402 e. The molecule has 27 heteroatoms. The van der Waals surface area contributed by atoms with Gasteiger partial charge in [-0.2, -0.15) is 54.8 Å². The molecule has 3 N–H and O–H groups in total. The van der Waals surface area contributed by atoms with Crippen molar-refractivity contribution in [1.82, 2.24) is 54.1 Å². The highest BCUT2D eigenvalue weighted by Gasteiger charge is 2.59. The lowest BCUT2D eigenvalue weighted by molar-refractivity contribution is -0.220. The highest BCUT2D eigenvalue weighted by molar-refractivity contribution is 6.64. The fourth-order valence-electron chi connectivity index (χ4n) is 16.5. The normalized spacial score (nSPS) is 15.2. The summed E-state index contributed by atoms with van der Waals surface area (Å²) < 4.78 is 169. The van der Waals surface area contributed by atoms with Crippen molar-refractivity contribution in [1.29, 1.82) is 0 Å². The van der Waals surface area contributed by atoms with Crippen LogP contribution in [-0.4, -0.2) is 90.3 Å². The third-order valence-electron chi connectivity index (χ3n) is 24.2. The van der Waals surface area contributed by atoms with Gasteiger partial charge in [0, 0.05) is 86.6 Å². The Morgan fingerprint density at radius 3 is 1.07 bits per heavy atom. The number of nitrogens with zero attached hydrogens (tertiary/aromatic N) is 8. The Kier molecular flexibility index (Phi) is 24.6. The zero-order chi connectivity index (χ0) is 85.7. The molecule has 13 nitrogen and oxygen atoms in total. The summed E-state index contributed by atoms with van der Waals surface area (Å²) in [6.07, 6.45) is -1.39. The number of aromatic nitrogens is 9. The van der Waals surface area contributed by atoms with Crippen molar-refractivity contribution in [2.24, 2.45) is 16.2 Å². The monoisotopic (exact) mass is 1680 g/mol. The molecule has 0 unspecified atom stereocenters. The number of carbonyl (C=O) groups is 2. The Bertz CT molecular complexity index is 5710. The molecule has 0 spiro atoms. The maximum atomic E-state index is 14.7. The van der Waals surface area contributed by atoms with E-state index in [1.54, 1.807) is 50.5 Å². The minimum atomic E-state index is -4.72. The van der Waals surface area contributed by atoms with E-state index in [4.69, 9.17) is 26.9 Å². The summed E-state index contributed by atoms with van der Waals surface area (Å²) in [7, 11) is 0. The molecule has 0 saturated heterocycles. The molecule has 0 bridgehead atoms. The van der Waals surface area contributed by atoms with E-state index in [1.165, 1.54) is 59.0 Å². The van der Waals surface area contributed by atoms with Gasteiger partial charge in [-0.05, 0) is 220 Å². The molecule has 6 aromatic heterocycles. The van der Waals surface area contributed by atoms with E-state index in [-0.39, 0.29) is 42.5 Å². The quantitative estimate of drug-likeness (QED) is 0.0650. The highest BCUT2D eigenvalue weighted by atomic mass is 35.5. The van der Waals surface area contributed by atoms with E-state index in [1.807, 2.05) is 76.8 Å². The first-order valence-electron chi connectivity index (χ1n) is 39.7. The Balaban J connectivity index is 0.000000164. The molecule has 12 aromatic rings. The first kappa shape index (κ1) is 89.2. The number of benzene rings is 6. The molecular formula is C91H101Cl2F12N11O2. The number of aryl methyl sites for hydroxylation is 6. The lowest BCUT2D eigenvalue weighted by Crippen LogP contribution is -2.52. The van der Waals surface area contributed by atoms with Crippen molar-refractivity contribution in [3.63, 3.8) is 0 Å². The molecule has 0 saturated carbocycles. The van der Waals surface area contributed by atoms with Gasteiger partial charge in [-0.25, -0.2) is 27.2 Å². The number of halogens is 14. The second kappa shape index (κ2) is 32.5. The minimum Gasteiger partial charge on any atom is -0.359 e. The smallest absolute Gasteiger partial charge is 0.359 e. The van der Waals surface area contributed by atoms with E-state index >= 15 is 0 Å². The van der Waals surface area contributed by atoms with Crippen LogP contribution in [0.2, 0.25) is 0 Å². The van der Waals surface area contributed by atoms with Crippen LogP contribution in [0.5, 0.6) is 0 Å². The molecular weight excluding hydrogens is 1580 g/mol. The molecule has 630 valence electrons. The number of amides is 1. The Labute approximate surface area is 690 Å². The van der Waals surface area contributed by atoms with Crippen LogP contribution in [0, 0.1) is 33.7 Å². The van der Waals surface area contributed by atoms with Crippen molar-refractivity contribution in [2.75, 3.05) is 6.54 Å². The second-order valence-corrected chi connectivity index (χ2v) is 34.2. The van der Waals surface area contributed by atoms with Crippen LogP contribution in [-0.2, 0) is 84.1 Å². The van der Waals surface area contributed by atoms with Crippen molar-refractivity contribution in [3.8, 4) is 50.8 Å². The van der Waals surface area contributed by atoms with E-state index in [0.29, 0.717) is 56.4 Å². The van der Waals surface area contributed by atoms with E-state index < -0.39 is 62.8 Å². The van der Waals surface area contributed by atoms with Crippen LogP contribution in [0.25, 0.3) is 83.5 Å². The first-order chi connectivity index (χ1) is 54.7. The summed E-state index contributed by atoms with van der Waals surface area (Å²) in [5.41, 5.74) is 13.1. The van der Waals surface area contributed by atoms with E-state index in [9.17, 15) is 62.3 Å². The average molecular weight is 1680 g/mol. The summed E-state index contributed by atoms with van der Waals surface area (Å²) >= 11 is 4.70. The second-order valence-electron chi connectivity index (χ2n) is 33.9. The lowest BCUT2D eigenvalue weighted by Gasteiger charge is -2.39. The number of carbonyl (C=O) groups excluding carboxylic acids is 2. The van der Waals surface area contributed by atoms with Crippen LogP contribution < -0.4 is 0 Å². The number of nitrogens with one attached hydrogen (secondary N) is 3. The molecule has 118 heavy (non-hydrogen) atoms. The van der Waals surface area contributed by atoms with E-state index in [2.05, 4.69) is 105 Å². The first-order valence-corrected chi connectivity index (χ1v) is 40.1.